The molecule has 10 heteroatoms. The average molecular weight is 443 g/mol. The number of piperidine rings is 1. The van der Waals surface area contributed by atoms with Crippen molar-refractivity contribution in [3.05, 3.63) is 48.0 Å². The minimum absolute atomic E-state index is 0.0775. The lowest BCUT2D eigenvalue weighted by molar-refractivity contribution is -0.289. The minimum atomic E-state index is -5.62. The Morgan fingerprint density at radius 2 is 1.67 bits per heavy atom. The second-order valence-electron chi connectivity index (χ2n) is 7.20. The first-order chi connectivity index (χ1) is 14.1. The summed E-state index contributed by atoms with van der Waals surface area (Å²) in [6, 6.07) is 9.24. The fraction of sp³-hybridized carbons (Fsp3) is 0.350. The molecule has 1 aromatic heterocycles. The number of halogens is 5. The number of nitrogens with zero attached hydrogens (tertiary/aromatic N) is 2. The first-order valence-corrected chi connectivity index (χ1v) is 10.1. The highest BCUT2D eigenvalue weighted by molar-refractivity contribution is 7.22. The molecule has 0 bridgehead atoms. The average Bonchev–Trinajstić information content (AvgIpc) is 3.11. The molecular formula is C20H18F5N3OS. The van der Waals surface area contributed by atoms with Gasteiger partial charge in [-0.2, -0.15) is 22.0 Å². The maximum atomic E-state index is 13.4. The highest BCUT2D eigenvalue weighted by atomic mass is 32.1. The number of hydrogen-bond acceptors (Lipinski definition) is 5. The predicted molar refractivity (Wildman–Crippen MR) is 107 cm³/mol. The zero-order valence-corrected chi connectivity index (χ0v) is 16.4. The number of aromatic hydroxyl groups is 1. The molecule has 0 unspecified atom stereocenters. The van der Waals surface area contributed by atoms with Crippen molar-refractivity contribution < 1.29 is 27.1 Å². The van der Waals surface area contributed by atoms with Crippen molar-refractivity contribution in [3.8, 4) is 5.75 Å². The van der Waals surface area contributed by atoms with Crippen LogP contribution in [0.4, 0.5) is 32.8 Å². The molecule has 1 aliphatic heterocycles. The number of rotatable bonds is 4. The molecule has 0 saturated carbocycles. The Morgan fingerprint density at radius 1 is 1.00 bits per heavy atom. The first kappa shape index (κ1) is 20.6. The summed E-state index contributed by atoms with van der Waals surface area (Å²) in [6.07, 6.45) is -4.09. The van der Waals surface area contributed by atoms with Gasteiger partial charge in [0.05, 0.1) is 10.2 Å². The van der Waals surface area contributed by atoms with Crippen molar-refractivity contribution in [2.75, 3.05) is 23.3 Å². The highest BCUT2D eigenvalue weighted by Gasteiger charge is 2.58. The van der Waals surface area contributed by atoms with Gasteiger partial charge in [0.15, 0.2) is 5.13 Å². The van der Waals surface area contributed by atoms with Crippen LogP contribution in [0, 0.1) is 0 Å². The van der Waals surface area contributed by atoms with Gasteiger partial charge < -0.3 is 15.3 Å². The number of benzene rings is 2. The van der Waals surface area contributed by atoms with E-state index in [4.69, 9.17) is 0 Å². The molecule has 30 heavy (non-hydrogen) atoms. The van der Waals surface area contributed by atoms with Gasteiger partial charge in [0.25, 0.3) is 0 Å². The molecule has 0 aliphatic carbocycles. The van der Waals surface area contributed by atoms with Crippen LogP contribution in [-0.4, -0.2) is 35.4 Å². The molecule has 160 valence electrons. The maximum absolute atomic E-state index is 13.4. The Morgan fingerprint density at radius 3 is 2.30 bits per heavy atom. The van der Waals surface area contributed by atoms with Crippen molar-refractivity contribution >= 4 is 32.4 Å². The summed E-state index contributed by atoms with van der Waals surface area (Å²) in [5.74, 6) is -4.68. The third kappa shape index (κ3) is 4.00. The van der Waals surface area contributed by atoms with Crippen LogP contribution in [0.25, 0.3) is 10.2 Å². The Labute approximate surface area is 173 Å². The summed E-state index contributed by atoms with van der Waals surface area (Å²) >= 11 is 1.50. The third-order valence-corrected chi connectivity index (χ3v) is 6.18. The highest BCUT2D eigenvalue weighted by Crippen LogP contribution is 2.44. The number of hydrogen-bond donors (Lipinski definition) is 2. The van der Waals surface area contributed by atoms with Crippen LogP contribution in [0.3, 0.4) is 0 Å². The Hall–Kier alpha value is -2.62. The van der Waals surface area contributed by atoms with Gasteiger partial charge in [0.2, 0.25) is 0 Å². The topological polar surface area (TPSA) is 48.4 Å². The third-order valence-electron chi connectivity index (χ3n) is 5.10. The monoisotopic (exact) mass is 443 g/mol. The van der Waals surface area contributed by atoms with Crippen LogP contribution < -0.4 is 10.2 Å². The van der Waals surface area contributed by atoms with Crippen LogP contribution in [0.15, 0.2) is 42.5 Å². The Kier molecular flexibility index (Phi) is 5.21. The molecule has 4 nitrogen and oxygen atoms in total. The number of phenolic OH excluding ortho intramolecular Hbond substituents is 1. The van der Waals surface area contributed by atoms with E-state index >= 15 is 0 Å². The van der Waals surface area contributed by atoms with E-state index in [2.05, 4.69) is 15.2 Å². The van der Waals surface area contributed by atoms with Gasteiger partial charge in [-0.15, -0.1) is 0 Å². The number of anilines is 2. The van der Waals surface area contributed by atoms with Gasteiger partial charge in [-0.3, -0.25) is 0 Å². The molecule has 3 aromatic rings. The normalized spacial score (nSPS) is 16.2. The van der Waals surface area contributed by atoms with Gasteiger partial charge >= 0.3 is 12.1 Å². The quantitative estimate of drug-likeness (QED) is 0.505. The molecule has 1 aliphatic rings. The molecule has 0 atom stereocenters. The second-order valence-corrected chi connectivity index (χ2v) is 8.21. The van der Waals surface area contributed by atoms with E-state index in [9.17, 15) is 27.1 Å². The first-order valence-electron chi connectivity index (χ1n) is 9.29. The number of fused-ring (bicyclic) bond motifs is 1. The van der Waals surface area contributed by atoms with Crippen LogP contribution in [0.5, 0.6) is 5.75 Å². The zero-order valence-electron chi connectivity index (χ0n) is 15.6. The molecular weight excluding hydrogens is 425 g/mol. The molecule has 1 saturated heterocycles. The van der Waals surface area contributed by atoms with E-state index in [1.165, 1.54) is 23.5 Å². The van der Waals surface area contributed by atoms with Gasteiger partial charge in [-0.05, 0) is 43.2 Å². The lowest BCUT2D eigenvalue weighted by Gasteiger charge is -2.32. The smallest absolute Gasteiger partial charge is 0.458 e. The van der Waals surface area contributed by atoms with E-state index < -0.39 is 17.7 Å². The summed E-state index contributed by atoms with van der Waals surface area (Å²) in [4.78, 5) is 6.73. The lowest BCUT2D eigenvalue weighted by Crippen LogP contribution is -2.39. The standard InChI is InChI=1S/C20H18F5N3OS/c21-19(22,20(23,24)25)12-1-3-13(4-2-12)26-14-7-9-28(10-8-14)18-27-16-6-5-15(29)11-17(16)30-18/h1-6,11,14,26,29H,7-10H2. The Bertz CT molecular complexity index is 1030. The fourth-order valence-electron chi connectivity index (χ4n) is 3.43. The van der Waals surface area contributed by atoms with Crippen molar-refractivity contribution in [1.29, 1.82) is 0 Å². The number of phenols is 1. The summed E-state index contributed by atoms with van der Waals surface area (Å²) in [7, 11) is 0. The van der Waals surface area contributed by atoms with Crippen molar-refractivity contribution in [1.82, 2.24) is 4.98 Å². The van der Waals surface area contributed by atoms with Crippen molar-refractivity contribution in [2.24, 2.45) is 0 Å². The predicted octanol–water partition coefficient (Wildman–Crippen LogP) is 5.74. The van der Waals surface area contributed by atoms with Gasteiger partial charge in [-0.1, -0.05) is 23.5 Å². The Balaban J connectivity index is 1.36. The number of aromatic nitrogens is 1. The van der Waals surface area contributed by atoms with Crippen LogP contribution >= 0.6 is 11.3 Å². The molecule has 0 spiro atoms. The van der Waals surface area contributed by atoms with Gasteiger partial charge in [0, 0.05) is 30.4 Å². The van der Waals surface area contributed by atoms with Crippen LogP contribution in [-0.2, 0) is 5.92 Å². The number of nitrogens with one attached hydrogen (secondary N) is 1. The minimum Gasteiger partial charge on any atom is -0.508 e. The zero-order chi connectivity index (χ0) is 21.5. The summed E-state index contributed by atoms with van der Waals surface area (Å²) in [5, 5.41) is 13.7. The van der Waals surface area contributed by atoms with E-state index in [1.54, 1.807) is 18.2 Å². The maximum Gasteiger partial charge on any atom is 0.458 e. The molecule has 0 amide bonds. The fourth-order valence-corrected chi connectivity index (χ4v) is 4.48. The second kappa shape index (κ2) is 7.57. The lowest BCUT2D eigenvalue weighted by atomic mass is 10.0. The van der Waals surface area contributed by atoms with E-state index in [-0.39, 0.29) is 11.8 Å². The summed E-state index contributed by atoms with van der Waals surface area (Å²) in [5.41, 5.74) is 0.256. The molecule has 2 heterocycles. The molecule has 4 rings (SSSR count). The van der Waals surface area contributed by atoms with E-state index in [0.29, 0.717) is 5.69 Å². The van der Waals surface area contributed by atoms with E-state index in [1.807, 2.05) is 0 Å². The van der Waals surface area contributed by atoms with E-state index in [0.717, 1.165) is 53.4 Å². The largest absolute Gasteiger partial charge is 0.508 e. The summed E-state index contributed by atoms with van der Waals surface area (Å²) < 4.78 is 65.1. The van der Waals surface area contributed by atoms with Crippen molar-refractivity contribution in [2.45, 2.75) is 31.0 Å². The summed E-state index contributed by atoms with van der Waals surface area (Å²) in [6.45, 7) is 1.46. The van der Waals surface area contributed by atoms with Crippen molar-refractivity contribution in [3.63, 3.8) is 0 Å². The van der Waals surface area contributed by atoms with Crippen LogP contribution in [0.1, 0.15) is 18.4 Å². The SMILES string of the molecule is Oc1ccc2nc(N3CCC(Nc4ccc(C(F)(F)C(F)(F)F)cc4)CC3)sc2c1. The molecule has 2 aromatic carbocycles. The molecule has 2 N–H and O–H groups in total. The number of alkyl halides is 5. The number of thiazole rings is 1. The van der Waals surface area contributed by atoms with Gasteiger partial charge in [-0.25, -0.2) is 4.98 Å². The molecule has 0 radical (unpaired) electrons. The van der Waals surface area contributed by atoms with Gasteiger partial charge in [0.1, 0.15) is 5.75 Å². The molecule has 1 fully saturated rings. The van der Waals surface area contributed by atoms with Crippen LogP contribution in [0.2, 0.25) is 0 Å².